The number of anilines is 2. The number of carboxylic acids is 1. The van der Waals surface area contributed by atoms with Crippen molar-refractivity contribution in [2.24, 2.45) is 0 Å². The van der Waals surface area contributed by atoms with Crippen molar-refractivity contribution in [2.45, 2.75) is 6.61 Å². The quantitative estimate of drug-likeness (QED) is 0.148. The topological polar surface area (TPSA) is 105 Å². The molecule has 230 valence electrons. The third kappa shape index (κ3) is 7.49. The molecule has 5 aromatic rings. The van der Waals surface area contributed by atoms with Crippen molar-refractivity contribution >= 4 is 41.3 Å². The van der Waals surface area contributed by atoms with Gasteiger partial charge in [0.05, 0.1) is 29.6 Å². The number of hydrogen-bond donors (Lipinski definition) is 2. The molecule has 0 heterocycles. The van der Waals surface area contributed by atoms with Crippen LogP contribution in [0.25, 0.3) is 12.2 Å². The fraction of sp³-hybridized carbons (Fsp3) is 0.0789. The van der Waals surface area contributed by atoms with E-state index in [2.05, 4.69) is 5.32 Å². The number of nitrogens with one attached hydrogen (secondary N) is 1. The van der Waals surface area contributed by atoms with Crippen LogP contribution in [0.4, 0.5) is 11.4 Å². The van der Waals surface area contributed by atoms with Gasteiger partial charge in [0, 0.05) is 12.6 Å². The highest BCUT2D eigenvalue weighted by molar-refractivity contribution is 6.09. The van der Waals surface area contributed by atoms with Crippen LogP contribution in [0.15, 0.2) is 121 Å². The Morgan fingerprint density at radius 3 is 2.17 bits per heavy atom. The molecule has 5 aromatic carbocycles. The van der Waals surface area contributed by atoms with Crippen LogP contribution < -0.4 is 19.7 Å². The maximum Gasteiger partial charge on any atom is 0.335 e. The predicted molar refractivity (Wildman–Crippen MR) is 180 cm³/mol. The second kappa shape index (κ2) is 14.5. The van der Waals surface area contributed by atoms with Crippen molar-refractivity contribution < 1.29 is 29.0 Å². The summed E-state index contributed by atoms with van der Waals surface area (Å²) in [5, 5.41) is 12.0. The summed E-state index contributed by atoms with van der Waals surface area (Å²) in [7, 11) is 3.16. The highest BCUT2D eigenvalue weighted by Gasteiger charge is 2.19. The van der Waals surface area contributed by atoms with Gasteiger partial charge in [-0.3, -0.25) is 9.59 Å². The van der Waals surface area contributed by atoms with Crippen LogP contribution in [0, 0.1) is 0 Å². The van der Waals surface area contributed by atoms with E-state index < -0.39 is 5.97 Å². The predicted octanol–water partition coefficient (Wildman–Crippen LogP) is 7.67. The zero-order chi connectivity index (χ0) is 32.5. The average Bonchev–Trinajstić information content (AvgIpc) is 3.10. The van der Waals surface area contributed by atoms with Crippen LogP contribution in [-0.2, 0) is 6.61 Å². The zero-order valence-electron chi connectivity index (χ0n) is 25.3. The minimum atomic E-state index is -0.984. The maximum atomic E-state index is 13.6. The third-order valence-corrected chi connectivity index (χ3v) is 7.28. The number of carbonyl (C=O) groups is 3. The highest BCUT2D eigenvalue weighted by atomic mass is 16.5. The van der Waals surface area contributed by atoms with E-state index in [1.165, 1.54) is 7.11 Å². The van der Waals surface area contributed by atoms with Gasteiger partial charge in [-0.05, 0) is 65.2 Å². The molecule has 0 fully saturated rings. The first-order valence-corrected chi connectivity index (χ1v) is 14.5. The summed E-state index contributed by atoms with van der Waals surface area (Å²) in [4.78, 5) is 39.6. The van der Waals surface area contributed by atoms with Gasteiger partial charge in [-0.25, -0.2) is 4.79 Å². The Kier molecular flexibility index (Phi) is 9.89. The van der Waals surface area contributed by atoms with Gasteiger partial charge in [0.2, 0.25) is 0 Å². The van der Waals surface area contributed by atoms with Gasteiger partial charge in [0.15, 0.2) is 0 Å². The molecule has 0 aliphatic rings. The first-order chi connectivity index (χ1) is 22.3. The number of para-hydroxylation sites is 2. The lowest BCUT2D eigenvalue weighted by Crippen LogP contribution is -2.27. The Bertz CT molecular complexity index is 1880. The molecule has 2 amide bonds. The van der Waals surface area contributed by atoms with Crippen LogP contribution in [0.3, 0.4) is 0 Å². The zero-order valence-corrected chi connectivity index (χ0v) is 25.3. The summed E-state index contributed by atoms with van der Waals surface area (Å²) in [6.07, 6.45) is 3.73. The second-order valence-corrected chi connectivity index (χ2v) is 10.3. The van der Waals surface area contributed by atoms with E-state index in [9.17, 15) is 14.4 Å². The summed E-state index contributed by atoms with van der Waals surface area (Å²) in [6, 6.07) is 35.5. The summed E-state index contributed by atoms with van der Waals surface area (Å²) >= 11 is 0. The minimum absolute atomic E-state index is 0.210. The molecule has 2 N–H and O–H groups in total. The molecule has 0 saturated carbocycles. The molecule has 0 bridgehead atoms. The molecule has 0 aliphatic carbocycles. The number of nitrogens with zero attached hydrogens (tertiary/aromatic N) is 1. The third-order valence-electron chi connectivity index (χ3n) is 7.28. The smallest absolute Gasteiger partial charge is 0.335 e. The fourth-order valence-corrected chi connectivity index (χ4v) is 4.79. The van der Waals surface area contributed by atoms with Crippen LogP contribution in [-0.4, -0.2) is 37.0 Å². The lowest BCUT2D eigenvalue weighted by atomic mass is 10.1. The first-order valence-electron chi connectivity index (χ1n) is 14.5. The number of amides is 2. The Morgan fingerprint density at radius 2 is 1.43 bits per heavy atom. The first kappa shape index (κ1) is 31.3. The molecular weight excluding hydrogens is 580 g/mol. The van der Waals surface area contributed by atoms with Gasteiger partial charge in [0.1, 0.15) is 18.1 Å². The van der Waals surface area contributed by atoms with E-state index in [4.69, 9.17) is 14.6 Å². The van der Waals surface area contributed by atoms with Gasteiger partial charge < -0.3 is 24.8 Å². The molecule has 0 radical (unpaired) electrons. The van der Waals surface area contributed by atoms with Crippen molar-refractivity contribution in [1.29, 1.82) is 0 Å². The summed E-state index contributed by atoms with van der Waals surface area (Å²) in [5.41, 5.74) is 4.62. The summed E-state index contributed by atoms with van der Waals surface area (Å²) in [5.74, 6) is -0.865. The van der Waals surface area contributed by atoms with Crippen LogP contribution in [0.1, 0.15) is 47.8 Å². The van der Waals surface area contributed by atoms with Gasteiger partial charge in [-0.15, -0.1) is 0 Å². The molecule has 0 atom stereocenters. The van der Waals surface area contributed by atoms with Gasteiger partial charge in [-0.2, -0.15) is 0 Å². The minimum Gasteiger partial charge on any atom is -0.495 e. The molecule has 0 spiro atoms. The average molecular weight is 613 g/mol. The number of hydrogen-bond acceptors (Lipinski definition) is 5. The Hall–Kier alpha value is -6.15. The Labute approximate surface area is 267 Å². The molecule has 46 heavy (non-hydrogen) atoms. The van der Waals surface area contributed by atoms with Crippen molar-refractivity contribution in [3.8, 4) is 11.5 Å². The van der Waals surface area contributed by atoms with E-state index in [0.29, 0.717) is 40.6 Å². The lowest BCUT2D eigenvalue weighted by Gasteiger charge is -2.21. The molecule has 0 saturated heterocycles. The standard InChI is InChI=1S/C38H32N2O6/c1-40(33-14-8-6-12-28(33)19-16-26-17-20-29(21-18-26)38(43)44)37(42)30-22-23-32(35(24-30)45-2)39-36(41)31-13-7-9-15-34(31)46-25-27-10-4-3-5-11-27/h3-24H,25H2,1-2H3,(H,39,41)(H,43,44)/b19-16-. The van der Waals surface area contributed by atoms with E-state index in [1.807, 2.05) is 66.7 Å². The largest absolute Gasteiger partial charge is 0.495 e. The number of benzene rings is 5. The number of ether oxygens (including phenoxy) is 2. The van der Waals surface area contributed by atoms with Crippen LogP contribution in [0.2, 0.25) is 0 Å². The maximum absolute atomic E-state index is 13.6. The Balaban J connectivity index is 1.31. The molecule has 0 aromatic heterocycles. The SMILES string of the molecule is COc1cc(C(=O)N(C)c2ccccc2/C=C\c2ccc(C(=O)O)cc2)ccc1NC(=O)c1ccccc1OCc1ccccc1. The van der Waals surface area contributed by atoms with Gasteiger partial charge in [-0.1, -0.05) is 84.9 Å². The molecule has 0 unspecified atom stereocenters. The van der Waals surface area contributed by atoms with E-state index in [1.54, 1.807) is 78.7 Å². The van der Waals surface area contributed by atoms with E-state index >= 15 is 0 Å². The van der Waals surface area contributed by atoms with Crippen molar-refractivity contribution in [3.05, 3.63) is 155 Å². The molecule has 8 heteroatoms. The number of rotatable bonds is 11. The van der Waals surface area contributed by atoms with Crippen molar-refractivity contribution in [1.82, 2.24) is 0 Å². The monoisotopic (exact) mass is 612 g/mol. The normalized spacial score (nSPS) is 10.7. The van der Waals surface area contributed by atoms with Crippen LogP contribution in [0.5, 0.6) is 11.5 Å². The number of carboxylic acid groups (broad SMARTS) is 1. The number of methoxy groups -OCH3 is 1. The number of aromatic carboxylic acids is 1. The number of carbonyl (C=O) groups excluding carboxylic acids is 2. The van der Waals surface area contributed by atoms with Crippen molar-refractivity contribution in [3.63, 3.8) is 0 Å². The second-order valence-electron chi connectivity index (χ2n) is 10.3. The molecule has 0 aliphatic heterocycles. The lowest BCUT2D eigenvalue weighted by molar-refractivity contribution is 0.0696. The summed E-state index contributed by atoms with van der Waals surface area (Å²) < 4.78 is 11.5. The van der Waals surface area contributed by atoms with Gasteiger partial charge >= 0.3 is 5.97 Å². The van der Waals surface area contributed by atoms with E-state index in [-0.39, 0.29) is 17.4 Å². The molecule has 5 rings (SSSR count). The molecular formula is C38H32N2O6. The van der Waals surface area contributed by atoms with Crippen molar-refractivity contribution in [2.75, 3.05) is 24.4 Å². The Morgan fingerprint density at radius 1 is 0.761 bits per heavy atom. The van der Waals surface area contributed by atoms with Crippen LogP contribution >= 0.6 is 0 Å². The fourth-order valence-electron chi connectivity index (χ4n) is 4.79. The summed E-state index contributed by atoms with van der Waals surface area (Å²) in [6.45, 7) is 0.317. The van der Waals surface area contributed by atoms with Gasteiger partial charge in [0.25, 0.3) is 11.8 Å². The highest BCUT2D eigenvalue weighted by Crippen LogP contribution is 2.30. The molecule has 8 nitrogen and oxygen atoms in total. The van der Waals surface area contributed by atoms with E-state index in [0.717, 1.165) is 16.7 Å².